The number of rotatable bonds is 3. The van der Waals surface area contributed by atoms with E-state index in [9.17, 15) is 0 Å². The van der Waals surface area contributed by atoms with Crippen molar-refractivity contribution in [1.29, 1.82) is 0 Å². The first-order valence-corrected chi connectivity index (χ1v) is 4.76. The van der Waals surface area contributed by atoms with Gasteiger partial charge in [0.1, 0.15) is 0 Å². The predicted octanol–water partition coefficient (Wildman–Crippen LogP) is 1.05. The van der Waals surface area contributed by atoms with Crippen LogP contribution in [0.15, 0.2) is 5.16 Å². The smallest absolute Gasteiger partial charge is 0.209 e. The Kier molecular flexibility index (Phi) is 2.87. The molecule has 1 aromatic rings. The van der Waals surface area contributed by atoms with Gasteiger partial charge in [0.15, 0.2) is 0 Å². The van der Waals surface area contributed by atoms with Gasteiger partial charge in [0.2, 0.25) is 5.16 Å². The summed E-state index contributed by atoms with van der Waals surface area (Å²) in [5, 5.41) is 12.2. The highest BCUT2D eigenvalue weighted by atomic mass is 32.2. The summed E-state index contributed by atoms with van der Waals surface area (Å²) in [4.78, 5) is 0. The molecule has 0 bridgehead atoms. The van der Waals surface area contributed by atoms with Crippen LogP contribution < -0.4 is 0 Å². The van der Waals surface area contributed by atoms with Crippen molar-refractivity contribution >= 4 is 11.8 Å². The topological polar surface area (TPSA) is 43.6 Å². The Balaban J connectivity index is 2.68. The summed E-state index contributed by atoms with van der Waals surface area (Å²) in [6.45, 7) is 5.18. The summed E-state index contributed by atoms with van der Waals surface area (Å²) in [5.74, 6) is 0.587. The number of thioether (sulfide) groups is 1. The zero-order valence-corrected chi connectivity index (χ0v) is 7.80. The first kappa shape index (κ1) is 8.52. The van der Waals surface area contributed by atoms with Crippen molar-refractivity contribution in [2.45, 2.75) is 25.5 Å². The molecular weight excluding hydrogens is 160 g/mol. The molecule has 4 nitrogen and oxygen atoms in total. The van der Waals surface area contributed by atoms with E-state index < -0.39 is 0 Å². The fraction of sp³-hybridized carbons (Fsp3) is 0.833. The molecule has 0 saturated heterocycles. The van der Waals surface area contributed by atoms with E-state index in [4.69, 9.17) is 0 Å². The van der Waals surface area contributed by atoms with Gasteiger partial charge >= 0.3 is 0 Å². The molecule has 0 aliphatic carbocycles. The van der Waals surface area contributed by atoms with Gasteiger partial charge in [-0.15, -0.1) is 5.10 Å². The summed E-state index contributed by atoms with van der Waals surface area (Å²) < 4.78 is 1.83. The Bertz CT molecular complexity index is 220. The molecule has 0 aliphatic rings. The summed E-state index contributed by atoms with van der Waals surface area (Å²) in [7, 11) is 0. The molecular formula is C6H12N4S. The van der Waals surface area contributed by atoms with Crippen LogP contribution in [0.3, 0.4) is 0 Å². The lowest BCUT2D eigenvalue weighted by molar-refractivity contribution is 0.446. The Hall–Kier alpha value is -0.580. The van der Waals surface area contributed by atoms with E-state index in [0.717, 1.165) is 11.7 Å². The monoisotopic (exact) mass is 172 g/mol. The third kappa shape index (κ3) is 2.18. The zero-order chi connectivity index (χ0) is 8.27. The Morgan fingerprint density at radius 2 is 2.27 bits per heavy atom. The van der Waals surface area contributed by atoms with Crippen molar-refractivity contribution in [2.24, 2.45) is 5.92 Å². The molecule has 1 rings (SSSR count). The van der Waals surface area contributed by atoms with Crippen molar-refractivity contribution in [3.63, 3.8) is 0 Å². The molecule has 0 atom stereocenters. The second-order valence-electron chi connectivity index (χ2n) is 2.74. The second kappa shape index (κ2) is 3.71. The van der Waals surface area contributed by atoms with Gasteiger partial charge in [0, 0.05) is 6.54 Å². The Morgan fingerprint density at radius 1 is 1.55 bits per heavy atom. The number of aromatic nitrogens is 4. The van der Waals surface area contributed by atoms with E-state index in [0.29, 0.717) is 5.92 Å². The maximum Gasteiger partial charge on any atom is 0.209 e. The quantitative estimate of drug-likeness (QED) is 0.639. The van der Waals surface area contributed by atoms with Crippen molar-refractivity contribution in [3.8, 4) is 0 Å². The minimum absolute atomic E-state index is 0.587. The van der Waals surface area contributed by atoms with E-state index in [-0.39, 0.29) is 0 Å². The third-order valence-corrected chi connectivity index (χ3v) is 1.88. The van der Waals surface area contributed by atoms with E-state index in [1.54, 1.807) is 11.8 Å². The highest BCUT2D eigenvalue weighted by Crippen LogP contribution is 2.09. The van der Waals surface area contributed by atoms with Crippen molar-refractivity contribution in [2.75, 3.05) is 6.26 Å². The summed E-state index contributed by atoms with van der Waals surface area (Å²) >= 11 is 1.57. The molecule has 0 spiro atoms. The lowest BCUT2D eigenvalue weighted by atomic mass is 10.2. The fourth-order valence-corrected chi connectivity index (χ4v) is 1.24. The number of hydrogen-bond acceptors (Lipinski definition) is 4. The summed E-state index contributed by atoms with van der Waals surface area (Å²) in [6.07, 6.45) is 1.97. The van der Waals surface area contributed by atoms with Crippen LogP contribution in [-0.2, 0) is 6.54 Å². The molecule has 0 N–H and O–H groups in total. The minimum atomic E-state index is 0.587. The highest BCUT2D eigenvalue weighted by molar-refractivity contribution is 7.98. The molecule has 0 fully saturated rings. The number of nitrogens with zero attached hydrogens (tertiary/aromatic N) is 4. The largest absolute Gasteiger partial charge is 0.220 e. The average molecular weight is 172 g/mol. The SMILES string of the molecule is CSc1nnnn1CC(C)C. The first-order chi connectivity index (χ1) is 5.24. The molecule has 1 heterocycles. The van der Waals surface area contributed by atoms with Gasteiger partial charge < -0.3 is 0 Å². The van der Waals surface area contributed by atoms with Gasteiger partial charge in [-0.25, -0.2) is 4.68 Å². The van der Waals surface area contributed by atoms with Crippen LogP contribution in [0.2, 0.25) is 0 Å². The van der Waals surface area contributed by atoms with E-state index in [1.807, 2.05) is 10.9 Å². The van der Waals surface area contributed by atoms with Crippen LogP contribution in [0.1, 0.15) is 13.8 Å². The van der Waals surface area contributed by atoms with Gasteiger partial charge in [-0.2, -0.15) is 0 Å². The summed E-state index contributed by atoms with van der Waals surface area (Å²) in [5.41, 5.74) is 0. The van der Waals surface area contributed by atoms with Gasteiger partial charge in [-0.1, -0.05) is 25.6 Å². The molecule has 0 unspecified atom stereocenters. The normalized spacial score (nSPS) is 10.9. The van der Waals surface area contributed by atoms with Crippen LogP contribution in [0.5, 0.6) is 0 Å². The number of tetrazole rings is 1. The predicted molar refractivity (Wildman–Crippen MR) is 44.4 cm³/mol. The first-order valence-electron chi connectivity index (χ1n) is 3.54. The van der Waals surface area contributed by atoms with Gasteiger partial charge in [-0.05, 0) is 22.6 Å². The molecule has 62 valence electrons. The van der Waals surface area contributed by atoms with Gasteiger partial charge in [0.25, 0.3) is 0 Å². The van der Waals surface area contributed by atoms with Crippen LogP contribution >= 0.6 is 11.8 Å². The zero-order valence-electron chi connectivity index (χ0n) is 6.98. The standard InChI is InChI=1S/C6H12N4S/c1-5(2)4-10-6(11-3)7-8-9-10/h5H,4H2,1-3H3. The van der Waals surface area contributed by atoms with Gasteiger partial charge in [0.05, 0.1) is 0 Å². The Morgan fingerprint density at radius 3 is 2.82 bits per heavy atom. The summed E-state index contributed by atoms with van der Waals surface area (Å²) in [6, 6.07) is 0. The molecule has 5 heteroatoms. The Labute approximate surface area is 70.4 Å². The maximum absolute atomic E-state index is 3.86. The molecule has 0 radical (unpaired) electrons. The van der Waals surface area contributed by atoms with Crippen LogP contribution in [-0.4, -0.2) is 26.5 Å². The highest BCUT2D eigenvalue weighted by Gasteiger charge is 2.04. The third-order valence-electron chi connectivity index (χ3n) is 1.22. The van der Waals surface area contributed by atoms with Gasteiger partial charge in [-0.3, -0.25) is 0 Å². The second-order valence-corrected chi connectivity index (χ2v) is 3.51. The number of hydrogen-bond donors (Lipinski definition) is 0. The molecule has 11 heavy (non-hydrogen) atoms. The molecule has 0 aromatic carbocycles. The minimum Gasteiger partial charge on any atom is -0.220 e. The molecule has 1 aromatic heterocycles. The maximum atomic E-state index is 3.86. The van der Waals surface area contributed by atoms with Crippen molar-refractivity contribution in [3.05, 3.63) is 0 Å². The van der Waals surface area contributed by atoms with Crippen molar-refractivity contribution < 1.29 is 0 Å². The lowest BCUT2D eigenvalue weighted by Crippen LogP contribution is -2.07. The molecule has 0 saturated carbocycles. The van der Waals surface area contributed by atoms with E-state index in [2.05, 4.69) is 29.4 Å². The van der Waals surface area contributed by atoms with Crippen LogP contribution in [0.4, 0.5) is 0 Å². The van der Waals surface area contributed by atoms with E-state index >= 15 is 0 Å². The van der Waals surface area contributed by atoms with E-state index in [1.165, 1.54) is 0 Å². The molecule has 0 amide bonds. The average Bonchev–Trinajstić information content (AvgIpc) is 2.34. The molecule has 0 aliphatic heterocycles. The lowest BCUT2D eigenvalue weighted by Gasteiger charge is -2.04. The van der Waals surface area contributed by atoms with Crippen molar-refractivity contribution in [1.82, 2.24) is 20.2 Å². The fourth-order valence-electron chi connectivity index (χ4n) is 0.803. The van der Waals surface area contributed by atoms with Crippen LogP contribution in [0.25, 0.3) is 0 Å². The van der Waals surface area contributed by atoms with Crippen LogP contribution in [0, 0.1) is 5.92 Å².